The molecule has 0 saturated heterocycles. The van der Waals surface area contributed by atoms with E-state index in [1.807, 2.05) is 4.68 Å². The van der Waals surface area contributed by atoms with Gasteiger partial charge in [0.15, 0.2) is 0 Å². The van der Waals surface area contributed by atoms with Crippen LogP contribution in [0.15, 0.2) is 6.20 Å². The maximum atomic E-state index is 6.43. The number of unbranched alkanes of at least 4 members (excludes halogenated alkanes) is 1. The molecular weight excluding hydrogens is 246 g/mol. The van der Waals surface area contributed by atoms with Gasteiger partial charge in [0.2, 0.25) is 0 Å². The Morgan fingerprint density at radius 2 is 2.06 bits per heavy atom. The van der Waals surface area contributed by atoms with Crippen LogP contribution in [0.4, 0.5) is 0 Å². The van der Waals surface area contributed by atoms with E-state index in [4.69, 9.17) is 17.3 Å². The van der Waals surface area contributed by atoms with Crippen molar-refractivity contribution in [1.29, 1.82) is 0 Å². The number of halogens is 1. The fraction of sp³-hybridized carbons (Fsp3) is 0.786. The highest BCUT2D eigenvalue weighted by molar-refractivity contribution is 6.31. The molecule has 0 aliphatic rings. The lowest BCUT2D eigenvalue weighted by Crippen LogP contribution is -2.25. The molecule has 18 heavy (non-hydrogen) atoms. The van der Waals surface area contributed by atoms with Gasteiger partial charge in [-0.2, -0.15) is 5.10 Å². The predicted molar refractivity (Wildman–Crippen MR) is 77.9 cm³/mol. The molecule has 0 bridgehead atoms. The largest absolute Gasteiger partial charge is 0.322 e. The van der Waals surface area contributed by atoms with Crippen LogP contribution in [-0.2, 0) is 0 Å². The van der Waals surface area contributed by atoms with Gasteiger partial charge in [0, 0.05) is 6.04 Å². The third-order valence-electron chi connectivity index (χ3n) is 3.55. The normalized spacial score (nSPS) is 15.1. The van der Waals surface area contributed by atoms with Crippen molar-refractivity contribution in [3.8, 4) is 0 Å². The number of rotatable bonds is 7. The Morgan fingerprint density at radius 1 is 1.39 bits per heavy atom. The first kappa shape index (κ1) is 15.5. The summed E-state index contributed by atoms with van der Waals surface area (Å²) in [4.78, 5) is 0. The average molecular weight is 272 g/mol. The summed E-state index contributed by atoms with van der Waals surface area (Å²) in [6, 6.07) is 0.279. The van der Waals surface area contributed by atoms with E-state index in [0.29, 0.717) is 17.0 Å². The molecular formula is C14H26ClN3. The van der Waals surface area contributed by atoms with E-state index in [2.05, 4.69) is 32.8 Å². The zero-order valence-corrected chi connectivity index (χ0v) is 12.7. The van der Waals surface area contributed by atoms with Gasteiger partial charge in [0.25, 0.3) is 0 Å². The van der Waals surface area contributed by atoms with Crippen LogP contribution in [-0.4, -0.2) is 9.78 Å². The highest BCUT2D eigenvalue weighted by Gasteiger charge is 2.24. The standard InChI is InChI=1S/C14H26ClN3/c1-5-7-8-11(6-2)13(16)14-12(15)9-17-18(14)10(3)4/h9-11,13H,5-8,16H2,1-4H3. The predicted octanol–water partition coefficient (Wildman–Crippen LogP) is 4.33. The molecule has 1 aromatic rings. The van der Waals surface area contributed by atoms with Crippen molar-refractivity contribution in [2.24, 2.45) is 11.7 Å². The van der Waals surface area contributed by atoms with Gasteiger partial charge >= 0.3 is 0 Å². The minimum Gasteiger partial charge on any atom is -0.322 e. The van der Waals surface area contributed by atoms with E-state index >= 15 is 0 Å². The minimum atomic E-state index is -0.0149. The van der Waals surface area contributed by atoms with E-state index in [1.54, 1.807) is 6.20 Å². The Labute approximate surface area is 116 Å². The average Bonchev–Trinajstić information content (AvgIpc) is 2.72. The van der Waals surface area contributed by atoms with E-state index in [9.17, 15) is 0 Å². The summed E-state index contributed by atoms with van der Waals surface area (Å²) in [6.07, 6.45) is 6.39. The monoisotopic (exact) mass is 271 g/mol. The first-order valence-corrected chi connectivity index (χ1v) is 7.39. The number of hydrogen-bond acceptors (Lipinski definition) is 2. The second-order valence-electron chi connectivity index (χ2n) is 5.25. The van der Waals surface area contributed by atoms with Gasteiger partial charge < -0.3 is 5.73 Å². The van der Waals surface area contributed by atoms with E-state index in [0.717, 1.165) is 18.5 Å². The molecule has 0 radical (unpaired) electrons. The van der Waals surface area contributed by atoms with Crippen molar-refractivity contribution in [2.75, 3.05) is 0 Å². The molecule has 0 spiro atoms. The Bertz CT molecular complexity index is 360. The fourth-order valence-corrected chi connectivity index (χ4v) is 2.66. The third kappa shape index (κ3) is 3.48. The summed E-state index contributed by atoms with van der Waals surface area (Å²) in [5.41, 5.74) is 7.42. The number of aromatic nitrogens is 2. The summed E-state index contributed by atoms with van der Waals surface area (Å²) in [5.74, 6) is 0.483. The third-order valence-corrected chi connectivity index (χ3v) is 3.84. The summed E-state index contributed by atoms with van der Waals surface area (Å²) >= 11 is 6.26. The maximum Gasteiger partial charge on any atom is 0.0834 e. The van der Waals surface area contributed by atoms with Gasteiger partial charge in [-0.05, 0) is 26.2 Å². The zero-order chi connectivity index (χ0) is 13.7. The lowest BCUT2D eigenvalue weighted by atomic mass is 9.90. The molecule has 2 unspecified atom stereocenters. The summed E-state index contributed by atoms with van der Waals surface area (Å²) in [6.45, 7) is 8.62. The number of nitrogens with zero attached hydrogens (tertiary/aromatic N) is 2. The molecule has 0 aromatic carbocycles. The molecule has 0 fully saturated rings. The quantitative estimate of drug-likeness (QED) is 0.802. The van der Waals surface area contributed by atoms with Crippen molar-refractivity contribution in [3.63, 3.8) is 0 Å². The van der Waals surface area contributed by atoms with E-state index in [1.165, 1.54) is 12.8 Å². The van der Waals surface area contributed by atoms with Crippen LogP contribution in [0.25, 0.3) is 0 Å². The van der Waals surface area contributed by atoms with E-state index in [-0.39, 0.29) is 6.04 Å². The van der Waals surface area contributed by atoms with Crippen LogP contribution in [0.1, 0.15) is 71.2 Å². The van der Waals surface area contributed by atoms with Gasteiger partial charge in [-0.1, -0.05) is 44.7 Å². The molecule has 0 aliphatic heterocycles. The van der Waals surface area contributed by atoms with Crippen LogP contribution < -0.4 is 5.73 Å². The van der Waals surface area contributed by atoms with Crippen molar-refractivity contribution in [2.45, 2.75) is 65.5 Å². The molecule has 4 heteroatoms. The highest BCUT2D eigenvalue weighted by atomic mass is 35.5. The Kier molecular flexibility index (Phi) is 6.16. The first-order valence-electron chi connectivity index (χ1n) is 7.01. The van der Waals surface area contributed by atoms with Crippen LogP contribution in [0.5, 0.6) is 0 Å². The van der Waals surface area contributed by atoms with Gasteiger partial charge in [-0.15, -0.1) is 0 Å². The highest BCUT2D eigenvalue weighted by Crippen LogP contribution is 2.32. The molecule has 1 heterocycles. The summed E-state index contributed by atoms with van der Waals surface area (Å²) in [7, 11) is 0. The van der Waals surface area contributed by atoms with Crippen molar-refractivity contribution < 1.29 is 0 Å². The van der Waals surface area contributed by atoms with Crippen LogP contribution in [0.2, 0.25) is 5.02 Å². The van der Waals surface area contributed by atoms with Crippen molar-refractivity contribution in [1.82, 2.24) is 9.78 Å². The lowest BCUT2D eigenvalue weighted by Gasteiger charge is -2.25. The minimum absolute atomic E-state index is 0.0149. The molecule has 104 valence electrons. The first-order chi connectivity index (χ1) is 8.52. The number of hydrogen-bond donors (Lipinski definition) is 1. The molecule has 0 saturated carbocycles. The van der Waals surface area contributed by atoms with Crippen molar-refractivity contribution >= 4 is 11.6 Å². The van der Waals surface area contributed by atoms with Gasteiger partial charge in [-0.3, -0.25) is 4.68 Å². The number of nitrogens with two attached hydrogens (primary N) is 1. The summed E-state index contributed by atoms with van der Waals surface area (Å²) in [5, 5.41) is 5.04. The van der Waals surface area contributed by atoms with Gasteiger partial charge in [-0.25, -0.2) is 0 Å². The van der Waals surface area contributed by atoms with Crippen LogP contribution in [0.3, 0.4) is 0 Å². The molecule has 3 nitrogen and oxygen atoms in total. The Morgan fingerprint density at radius 3 is 2.56 bits per heavy atom. The second-order valence-corrected chi connectivity index (χ2v) is 5.66. The SMILES string of the molecule is CCCCC(CC)C(N)c1c(Cl)cnn1C(C)C. The second kappa shape index (κ2) is 7.15. The fourth-order valence-electron chi connectivity index (χ4n) is 2.40. The topological polar surface area (TPSA) is 43.8 Å². The maximum absolute atomic E-state index is 6.43. The Hall–Kier alpha value is -0.540. The zero-order valence-electron chi connectivity index (χ0n) is 12.0. The van der Waals surface area contributed by atoms with Crippen LogP contribution in [0, 0.1) is 5.92 Å². The smallest absolute Gasteiger partial charge is 0.0834 e. The molecule has 2 N–H and O–H groups in total. The Balaban J connectivity index is 2.93. The molecule has 0 aliphatic carbocycles. The van der Waals surface area contributed by atoms with Gasteiger partial charge in [0.1, 0.15) is 0 Å². The van der Waals surface area contributed by atoms with Crippen molar-refractivity contribution in [3.05, 3.63) is 16.9 Å². The lowest BCUT2D eigenvalue weighted by molar-refractivity contribution is 0.352. The molecule has 2 atom stereocenters. The van der Waals surface area contributed by atoms with E-state index < -0.39 is 0 Å². The molecule has 1 rings (SSSR count). The van der Waals surface area contributed by atoms with Crippen LogP contribution >= 0.6 is 11.6 Å². The molecule has 0 amide bonds. The molecule has 1 aromatic heterocycles. The van der Waals surface area contributed by atoms with Gasteiger partial charge in [0.05, 0.1) is 23.0 Å². The summed E-state index contributed by atoms with van der Waals surface area (Å²) < 4.78 is 1.96.